The average molecular weight is 280 g/mol. The molecule has 7 nitrogen and oxygen atoms in total. The Balaban J connectivity index is 2.06. The fourth-order valence-electron chi connectivity index (χ4n) is 2.47. The predicted octanol–water partition coefficient (Wildman–Crippen LogP) is 0.631. The lowest BCUT2D eigenvalue weighted by molar-refractivity contribution is -0.132. The van der Waals surface area contributed by atoms with Crippen LogP contribution in [0.1, 0.15) is 33.1 Å². The minimum Gasteiger partial charge on any atom is -0.393 e. The Bertz CT molecular complexity index is 486. The second kappa shape index (κ2) is 5.32. The van der Waals surface area contributed by atoms with Crippen LogP contribution < -0.4 is 0 Å². The minimum absolute atomic E-state index is 0.329. The summed E-state index contributed by atoms with van der Waals surface area (Å²) in [5.41, 5.74) is -1.08. The van der Waals surface area contributed by atoms with E-state index in [9.17, 15) is 14.7 Å². The molecular formula is C13H20N4O3. The third-order valence-electron chi connectivity index (χ3n) is 3.68. The molecule has 110 valence electrons. The number of nitrogens with zero attached hydrogens (tertiary/aromatic N) is 4. The molecule has 0 aromatic carbocycles. The lowest BCUT2D eigenvalue weighted by atomic mass is 9.96. The number of carbonyl (C=O) groups is 2. The van der Waals surface area contributed by atoms with Crippen molar-refractivity contribution < 1.29 is 14.7 Å². The molecule has 2 aliphatic rings. The summed E-state index contributed by atoms with van der Waals surface area (Å²) in [6.45, 7) is 3.73. The maximum atomic E-state index is 12.4. The summed E-state index contributed by atoms with van der Waals surface area (Å²) in [6.07, 6.45) is 3.06. The predicted molar refractivity (Wildman–Crippen MR) is 74.7 cm³/mol. The van der Waals surface area contributed by atoms with Gasteiger partial charge >= 0.3 is 6.03 Å². The van der Waals surface area contributed by atoms with Gasteiger partial charge in [0.2, 0.25) is 0 Å². The third kappa shape index (κ3) is 2.33. The van der Waals surface area contributed by atoms with Gasteiger partial charge in [0.05, 0.1) is 6.10 Å². The van der Waals surface area contributed by atoms with Crippen molar-refractivity contribution in [2.75, 3.05) is 13.6 Å². The SMILES string of the molecule is CC(O)CCCCN1C(=O)N(C)C2=NC=N[C@@]2(C)C1=O. The number of carbonyl (C=O) groups excluding carboxylic acids is 2. The fourth-order valence-corrected chi connectivity index (χ4v) is 2.47. The van der Waals surface area contributed by atoms with E-state index in [1.807, 2.05) is 0 Å². The van der Waals surface area contributed by atoms with Gasteiger partial charge in [-0.15, -0.1) is 0 Å². The molecule has 20 heavy (non-hydrogen) atoms. The number of hydrogen-bond donors (Lipinski definition) is 1. The van der Waals surface area contributed by atoms with Crippen LogP contribution in [-0.4, -0.2) is 64.3 Å². The number of urea groups is 1. The van der Waals surface area contributed by atoms with Gasteiger partial charge in [-0.05, 0) is 33.1 Å². The summed E-state index contributed by atoms with van der Waals surface area (Å²) in [5.74, 6) is 0.0536. The van der Waals surface area contributed by atoms with E-state index in [1.54, 1.807) is 20.9 Å². The average Bonchev–Trinajstić information content (AvgIpc) is 2.79. The Morgan fingerprint density at radius 1 is 1.40 bits per heavy atom. The standard InChI is InChI=1S/C13H20N4O3/c1-9(18)6-4-5-7-17-11(19)13(2)10(14-8-15-13)16(3)12(17)20/h8-9,18H,4-7H2,1-3H3/t9?,13-/m1/s1. The van der Waals surface area contributed by atoms with Crippen LogP contribution in [0.25, 0.3) is 0 Å². The van der Waals surface area contributed by atoms with Crippen LogP contribution in [0, 0.1) is 0 Å². The van der Waals surface area contributed by atoms with Gasteiger partial charge in [0.15, 0.2) is 11.4 Å². The lowest BCUT2D eigenvalue weighted by Crippen LogP contribution is -2.65. The number of amides is 3. The van der Waals surface area contributed by atoms with Crippen LogP contribution in [0.4, 0.5) is 4.79 Å². The van der Waals surface area contributed by atoms with Crippen molar-refractivity contribution >= 4 is 24.1 Å². The molecule has 0 aliphatic carbocycles. The Labute approximate surface area is 118 Å². The first-order chi connectivity index (χ1) is 9.38. The summed E-state index contributed by atoms with van der Waals surface area (Å²) in [7, 11) is 1.60. The maximum absolute atomic E-state index is 12.4. The molecule has 2 atom stereocenters. The number of likely N-dealkylation sites (N-methyl/N-ethyl adjacent to an activating group) is 1. The van der Waals surface area contributed by atoms with Crippen molar-refractivity contribution in [2.24, 2.45) is 9.98 Å². The minimum atomic E-state index is -1.08. The molecular weight excluding hydrogens is 260 g/mol. The molecule has 1 saturated heterocycles. The Morgan fingerprint density at radius 2 is 2.10 bits per heavy atom. The summed E-state index contributed by atoms with van der Waals surface area (Å²) < 4.78 is 0. The normalized spacial score (nSPS) is 26.9. The van der Waals surface area contributed by atoms with Crippen LogP contribution in [0.2, 0.25) is 0 Å². The first kappa shape index (κ1) is 14.6. The molecule has 1 N–H and O–H groups in total. The van der Waals surface area contributed by atoms with Gasteiger partial charge in [-0.1, -0.05) is 0 Å². The largest absolute Gasteiger partial charge is 0.393 e. The Kier molecular flexibility index (Phi) is 3.89. The molecule has 0 aromatic rings. The van der Waals surface area contributed by atoms with Gasteiger partial charge < -0.3 is 5.11 Å². The topological polar surface area (TPSA) is 85.6 Å². The molecule has 1 unspecified atom stereocenters. The lowest BCUT2D eigenvalue weighted by Gasteiger charge is -2.39. The highest BCUT2D eigenvalue weighted by molar-refractivity contribution is 6.26. The first-order valence-electron chi connectivity index (χ1n) is 6.77. The monoisotopic (exact) mass is 280 g/mol. The first-order valence-corrected chi connectivity index (χ1v) is 6.77. The van der Waals surface area contributed by atoms with E-state index in [4.69, 9.17) is 0 Å². The van der Waals surface area contributed by atoms with Crippen LogP contribution in [0.3, 0.4) is 0 Å². The number of rotatable bonds is 5. The number of aliphatic hydroxyl groups excluding tert-OH is 1. The van der Waals surface area contributed by atoms with Gasteiger partial charge in [0.25, 0.3) is 5.91 Å². The molecule has 1 fully saturated rings. The quantitative estimate of drug-likeness (QED) is 0.749. The Hall–Kier alpha value is -1.76. The number of fused-ring (bicyclic) bond motifs is 1. The highest BCUT2D eigenvalue weighted by Crippen LogP contribution is 2.28. The number of imide groups is 1. The molecule has 7 heteroatoms. The van der Waals surface area contributed by atoms with Crippen molar-refractivity contribution in [3.8, 4) is 0 Å². The summed E-state index contributed by atoms with van der Waals surface area (Å²) in [4.78, 5) is 35.4. The van der Waals surface area contributed by atoms with Gasteiger partial charge in [-0.2, -0.15) is 0 Å². The number of aliphatic imine (C=N–C) groups is 2. The van der Waals surface area contributed by atoms with Gasteiger partial charge in [-0.3, -0.25) is 14.6 Å². The van der Waals surface area contributed by atoms with Crippen molar-refractivity contribution in [3.05, 3.63) is 0 Å². The Morgan fingerprint density at radius 3 is 2.75 bits per heavy atom. The van der Waals surface area contributed by atoms with Crippen LogP contribution in [0.15, 0.2) is 9.98 Å². The molecule has 0 spiro atoms. The van der Waals surface area contributed by atoms with Crippen LogP contribution in [-0.2, 0) is 4.79 Å². The van der Waals surface area contributed by atoms with Crippen LogP contribution in [0.5, 0.6) is 0 Å². The molecule has 2 heterocycles. The van der Waals surface area contributed by atoms with Crippen molar-refractivity contribution in [1.29, 1.82) is 0 Å². The van der Waals surface area contributed by atoms with E-state index < -0.39 is 5.54 Å². The molecule has 2 aliphatic heterocycles. The van der Waals surface area contributed by atoms with Gasteiger partial charge in [0, 0.05) is 13.6 Å². The second-order valence-electron chi connectivity index (χ2n) is 5.41. The maximum Gasteiger partial charge on any atom is 0.331 e. The van der Waals surface area contributed by atoms with Gasteiger partial charge in [0.1, 0.15) is 6.34 Å². The molecule has 2 rings (SSSR count). The van der Waals surface area contributed by atoms with E-state index >= 15 is 0 Å². The number of unbranched alkanes of at least 4 members (excludes halogenated alkanes) is 1. The smallest absolute Gasteiger partial charge is 0.331 e. The highest BCUT2D eigenvalue weighted by Gasteiger charge is 2.52. The molecule has 0 saturated carbocycles. The van der Waals surface area contributed by atoms with Crippen molar-refractivity contribution in [2.45, 2.75) is 44.8 Å². The van der Waals surface area contributed by atoms with Crippen LogP contribution >= 0.6 is 0 Å². The molecule has 3 amide bonds. The van der Waals surface area contributed by atoms with Crippen molar-refractivity contribution in [1.82, 2.24) is 9.80 Å². The zero-order valence-corrected chi connectivity index (χ0v) is 12.0. The third-order valence-corrected chi connectivity index (χ3v) is 3.68. The summed E-state index contributed by atoms with van der Waals surface area (Å²) >= 11 is 0. The number of aliphatic hydroxyl groups is 1. The van der Waals surface area contributed by atoms with E-state index in [1.165, 1.54) is 16.1 Å². The van der Waals surface area contributed by atoms with Gasteiger partial charge in [-0.25, -0.2) is 14.8 Å². The summed E-state index contributed by atoms with van der Waals surface area (Å²) in [5, 5.41) is 9.21. The number of hydrogen-bond acceptors (Lipinski definition) is 5. The molecule has 0 radical (unpaired) electrons. The zero-order chi connectivity index (χ0) is 14.9. The van der Waals surface area contributed by atoms with E-state index in [2.05, 4.69) is 9.98 Å². The second-order valence-corrected chi connectivity index (χ2v) is 5.41. The number of amidine groups is 1. The molecule has 0 bridgehead atoms. The van der Waals surface area contributed by atoms with E-state index in [-0.39, 0.29) is 18.0 Å². The highest BCUT2D eigenvalue weighted by atomic mass is 16.3. The fraction of sp³-hybridized carbons (Fsp3) is 0.692. The summed E-state index contributed by atoms with van der Waals surface area (Å²) in [6, 6.07) is -0.367. The van der Waals surface area contributed by atoms with E-state index in [0.29, 0.717) is 25.2 Å². The van der Waals surface area contributed by atoms with E-state index in [0.717, 1.165) is 6.42 Å². The molecule has 0 aromatic heterocycles. The van der Waals surface area contributed by atoms with Crippen molar-refractivity contribution in [3.63, 3.8) is 0 Å². The zero-order valence-electron chi connectivity index (χ0n) is 12.0.